The van der Waals surface area contributed by atoms with Gasteiger partial charge in [-0.05, 0) is 18.6 Å². The van der Waals surface area contributed by atoms with Crippen LogP contribution in [0.1, 0.15) is 11.1 Å². The second kappa shape index (κ2) is 10.5. The third-order valence-electron chi connectivity index (χ3n) is 4.92. The van der Waals surface area contributed by atoms with E-state index in [4.69, 9.17) is 9.47 Å². The van der Waals surface area contributed by atoms with Crippen LogP contribution in [0.2, 0.25) is 0 Å². The number of hydrogen-bond donors (Lipinski definition) is 1. The van der Waals surface area contributed by atoms with Gasteiger partial charge in [0.2, 0.25) is 0 Å². The van der Waals surface area contributed by atoms with Gasteiger partial charge in [-0.2, -0.15) is 15.1 Å². The first-order valence-electron chi connectivity index (χ1n) is 10.5. The standard InChI is InChI=1S/C23H26N6O3/c1-18-5-4-6-19(15-18)17-24-27-20-16-21(28-9-12-31-13-10-28)26-23(25-20)32-14-11-29-8-3-2-7-22(29)30/h2-8,15-17H,9-14H2,1H3,(H,25,26,27). The summed E-state index contributed by atoms with van der Waals surface area (Å²) in [5.74, 6) is 1.26. The van der Waals surface area contributed by atoms with Crippen molar-refractivity contribution in [3.8, 4) is 6.01 Å². The summed E-state index contributed by atoms with van der Waals surface area (Å²) in [4.78, 5) is 23.0. The van der Waals surface area contributed by atoms with Gasteiger partial charge < -0.3 is 18.9 Å². The summed E-state index contributed by atoms with van der Waals surface area (Å²) in [6.07, 6.45) is 3.47. The highest BCUT2D eigenvalue weighted by molar-refractivity contribution is 5.80. The van der Waals surface area contributed by atoms with Crippen molar-refractivity contribution in [2.45, 2.75) is 13.5 Å². The SMILES string of the molecule is Cc1cccc(C=NNc2cc(N3CCOCC3)nc(OCCn3ccccc3=O)n2)c1. The third kappa shape index (κ3) is 5.92. The fourth-order valence-electron chi connectivity index (χ4n) is 3.29. The number of ether oxygens (including phenoxy) is 2. The lowest BCUT2D eigenvalue weighted by atomic mass is 10.2. The number of anilines is 2. The van der Waals surface area contributed by atoms with E-state index in [1.54, 1.807) is 23.0 Å². The van der Waals surface area contributed by atoms with Crippen LogP contribution in [0.4, 0.5) is 11.6 Å². The molecule has 166 valence electrons. The van der Waals surface area contributed by atoms with Gasteiger partial charge in [0.1, 0.15) is 12.4 Å². The fourth-order valence-corrected chi connectivity index (χ4v) is 3.29. The molecule has 9 heteroatoms. The van der Waals surface area contributed by atoms with E-state index in [-0.39, 0.29) is 18.2 Å². The first-order valence-corrected chi connectivity index (χ1v) is 10.5. The zero-order valence-corrected chi connectivity index (χ0v) is 18.0. The van der Waals surface area contributed by atoms with Crippen molar-refractivity contribution in [2.24, 2.45) is 5.10 Å². The Balaban J connectivity index is 1.48. The largest absolute Gasteiger partial charge is 0.461 e. The zero-order chi connectivity index (χ0) is 22.2. The molecular weight excluding hydrogens is 408 g/mol. The minimum atomic E-state index is -0.0769. The maximum atomic E-state index is 11.9. The van der Waals surface area contributed by atoms with Crippen LogP contribution in [-0.4, -0.2) is 53.7 Å². The number of aryl methyl sites for hydroxylation is 1. The summed E-state index contributed by atoms with van der Waals surface area (Å²) in [7, 11) is 0. The molecule has 0 radical (unpaired) electrons. The smallest absolute Gasteiger partial charge is 0.320 e. The van der Waals surface area contributed by atoms with E-state index in [9.17, 15) is 4.79 Å². The summed E-state index contributed by atoms with van der Waals surface area (Å²) >= 11 is 0. The van der Waals surface area contributed by atoms with Gasteiger partial charge in [-0.15, -0.1) is 0 Å². The number of aromatic nitrogens is 3. The van der Waals surface area contributed by atoms with E-state index < -0.39 is 0 Å². The molecule has 1 aliphatic heterocycles. The van der Waals surface area contributed by atoms with Crippen LogP contribution in [0, 0.1) is 6.92 Å². The summed E-state index contributed by atoms with van der Waals surface area (Å²) in [6, 6.07) is 15.2. The quantitative estimate of drug-likeness (QED) is 0.429. The Kier molecular flexibility index (Phi) is 7.08. The van der Waals surface area contributed by atoms with E-state index in [0.717, 1.165) is 24.5 Å². The second-order valence-electron chi connectivity index (χ2n) is 7.36. The number of hydrazone groups is 1. The Hall–Kier alpha value is -3.72. The van der Waals surface area contributed by atoms with Gasteiger partial charge in [0.15, 0.2) is 5.82 Å². The van der Waals surface area contributed by atoms with Gasteiger partial charge in [-0.1, -0.05) is 35.9 Å². The van der Waals surface area contributed by atoms with Gasteiger partial charge in [-0.25, -0.2) is 0 Å². The van der Waals surface area contributed by atoms with E-state index in [2.05, 4.69) is 25.4 Å². The Morgan fingerprint density at radius 3 is 2.84 bits per heavy atom. The van der Waals surface area contributed by atoms with Gasteiger partial charge in [0.25, 0.3) is 5.56 Å². The third-order valence-corrected chi connectivity index (χ3v) is 4.92. The number of pyridine rings is 1. The fraction of sp³-hybridized carbons (Fsp3) is 0.304. The molecule has 0 unspecified atom stereocenters. The van der Waals surface area contributed by atoms with Crippen molar-refractivity contribution < 1.29 is 9.47 Å². The number of benzene rings is 1. The predicted molar refractivity (Wildman–Crippen MR) is 124 cm³/mol. The molecule has 2 aromatic heterocycles. The molecule has 0 atom stereocenters. The van der Waals surface area contributed by atoms with Crippen molar-refractivity contribution in [2.75, 3.05) is 43.2 Å². The average Bonchev–Trinajstić information content (AvgIpc) is 2.81. The summed E-state index contributed by atoms with van der Waals surface area (Å²) in [5, 5.41) is 4.31. The molecule has 1 aromatic carbocycles. The molecule has 0 amide bonds. The Labute approximate surface area is 186 Å². The van der Waals surface area contributed by atoms with Crippen molar-refractivity contribution in [1.82, 2.24) is 14.5 Å². The van der Waals surface area contributed by atoms with Gasteiger partial charge in [0, 0.05) is 31.4 Å². The lowest BCUT2D eigenvalue weighted by Crippen LogP contribution is -2.36. The molecule has 0 saturated carbocycles. The molecule has 0 aliphatic carbocycles. The van der Waals surface area contributed by atoms with Crippen LogP contribution in [0.3, 0.4) is 0 Å². The molecule has 0 spiro atoms. The maximum absolute atomic E-state index is 11.9. The topological polar surface area (TPSA) is 93.9 Å². The molecule has 1 N–H and O–H groups in total. The van der Waals surface area contributed by atoms with Crippen LogP contribution in [0.15, 0.2) is 64.6 Å². The number of nitrogens with one attached hydrogen (secondary N) is 1. The van der Waals surface area contributed by atoms with E-state index >= 15 is 0 Å². The van der Waals surface area contributed by atoms with Crippen LogP contribution >= 0.6 is 0 Å². The van der Waals surface area contributed by atoms with Crippen molar-refractivity contribution in [3.63, 3.8) is 0 Å². The Morgan fingerprint density at radius 2 is 2.03 bits per heavy atom. The molecule has 32 heavy (non-hydrogen) atoms. The lowest BCUT2D eigenvalue weighted by molar-refractivity contribution is 0.122. The molecule has 1 fully saturated rings. The highest BCUT2D eigenvalue weighted by Crippen LogP contribution is 2.20. The second-order valence-corrected chi connectivity index (χ2v) is 7.36. The molecule has 3 aromatic rings. The molecule has 0 bridgehead atoms. The average molecular weight is 435 g/mol. The summed E-state index contributed by atoms with van der Waals surface area (Å²) in [6.45, 7) is 5.47. The predicted octanol–water partition coefficient (Wildman–Crippen LogP) is 2.31. The van der Waals surface area contributed by atoms with Crippen molar-refractivity contribution in [3.05, 3.63) is 76.2 Å². The highest BCUT2D eigenvalue weighted by atomic mass is 16.5. The Bertz CT molecular complexity index is 1120. The molecule has 9 nitrogen and oxygen atoms in total. The summed E-state index contributed by atoms with van der Waals surface area (Å²) < 4.78 is 12.8. The Morgan fingerprint density at radius 1 is 1.16 bits per heavy atom. The normalized spacial score (nSPS) is 14.0. The summed E-state index contributed by atoms with van der Waals surface area (Å²) in [5.41, 5.74) is 5.05. The van der Waals surface area contributed by atoms with E-state index in [1.807, 2.05) is 43.3 Å². The number of morpholine rings is 1. The molecule has 1 saturated heterocycles. The van der Waals surface area contributed by atoms with Crippen LogP contribution < -0.4 is 20.6 Å². The first kappa shape index (κ1) is 21.5. The zero-order valence-electron chi connectivity index (χ0n) is 18.0. The minimum absolute atomic E-state index is 0.0769. The first-order chi connectivity index (χ1) is 15.7. The highest BCUT2D eigenvalue weighted by Gasteiger charge is 2.15. The van der Waals surface area contributed by atoms with Crippen LogP contribution in [-0.2, 0) is 11.3 Å². The lowest BCUT2D eigenvalue weighted by Gasteiger charge is -2.28. The van der Waals surface area contributed by atoms with Crippen molar-refractivity contribution in [1.29, 1.82) is 0 Å². The van der Waals surface area contributed by atoms with E-state index in [1.165, 1.54) is 11.6 Å². The number of nitrogens with zero attached hydrogens (tertiary/aromatic N) is 5. The number of rotatable bonds is 8. The number of hydrogen-bond acceptors (Lipinski definition) is 8. The molecule has 4 rings (SSSR count). The van der Waals surface area contributed by atoms with Gasteiger partial charge in [0.05, 0.1) is 26.0 Å². The molecular formula is C23H26N6O3. The van der Waals surface area contributed by atoms with Gasteiger partial charge >= 0.3 is 6.01 Å². The molecule has 3 heterocycles. The minimum Gasteiger partial charge on any atom is -0.461 e. The van der Waals surface area contributed by atoms with Gasteiger partial charge in [-0.3, -0.25) is 10.2 Å². The van der Waals surface area contributed by atoms with Crippen molar-refractivity contribution >= 4 is 17.9 Å². The van der Waals surface area contributed by atoms with Crippen LogP contribution in [0.25, 0.3) is 0 Å². The van der Waals surface area contributed by atoms with Crippen LogP contribution in [0.5, 0.6) is 6.01 Å². The monoisotopic (exact) mass is 434 g/mol. The maximum Gasteiger partial charge on any atom is 0.320 e. The molecule has 1 aliphatic rings. The van der Waals surface area contributed by atoms with E-state index in [0.29, 0.717) is 25.6 Å².